The number of ether oxygens (including phenoxy) is 1. The number of nitrogens with one attached hydrogen (secondary N) is 1. The third-order valence-corrected chi connectivity index (χ3v) is 2.66. The molecular formula is C15H19N3O2. The Kier molecular flexibility index (Phi) is 3.88. The van der Waals surface area contributed by atoms with Crippen LogP contribution in [0.2, 0.25) is 0 Å². The quantitative estimate of drug-likeness (QED) is 0.912. The van der Waals surface area contributed by atoms with E-state index in [2.05, 4.69) is 15.3 Å². The number of hydrogen-bond acceptors (Lipinski definition) is 4. The van der Waals surface area contributed by atoms with Gasteiger partial charge in [-0.3, -0.25) is 0 Å². The van der Waals surface area contributed by atoms with E-state index in [1.807, 2.05) is 52.0 Å². The smallest absolute Gasteiger partial charge is 0.408 e. The summed E-state index contributed by atoms with van der Waals surface area (Å²) in [6, 6.07) is 7.40. The molecule has 1 N–H and O–H groups in total. The SMILES string of the molecule is CC(NC(=O)OC(C)(C)C)c1ccc2cccnc2n1. The maximum atomic E-state index is 11.7. The van der Waals surface area contributed by atoms with Gasteiger partial charge in [0.15, 0.2) is 5.65 Å². The van der Waals surface area contributed by atoms with Gasteiger partial charge < -0.3 is 10.1 Å². The molecule has 0 fully saturated rings. The fraction of sp³-hybridized carbons (Fsp3) is 0.400. The van der Waals surface area contributed by atoms with Crippen molar-refractivity contribution in [2.24, 2.45) is 0 Å². The van der Waals surface area contributed by atoms with Crippen LogP contribution in [-0.4, -0.2) is 21.7 Å². The first-order valence-electron chi connectivity index (χ1n) is 6.56. The lowest BCUT2D eigenvalue weighted by molar-refractivity contribution is 0.0507. The van der Waals surface area contributed by atoms with Crippen LogP contribution in [0.1, 0.15) is 39.4 Å². The second-order valence-corrected chi connectivity index (χ2v) is 5.65. The predicted molar refractivity (Wildman–Crippen MR) is 77.3 cm³/mol. The number of fused-ring (bicyclic) bond motifs is 1. The molecular weight excluding hydrogens is 254 g/mol. The van der Waals surface area contributed by atoms with E-state index in [1.54, 1.807) is 6.20 Å². The van der Waals surface area contributed by atoms with Crippen molar-refractivity contribution in [1.29, 1.82) is 0 Å². The van der Waals surface area contributed by atoms with Gasteiger partial charge in [0, 0.05) is 11.6 Å². The Morgan fingerprint density at radius 3 is 2.75 bits per heavy atom. The third-order valence-electron chi connectivity index (χ3n) is 2.66. The summed E-state index contributed by atoms with van der Waals surface area (Å²) in [6.07, 6.45) is 1.25. The monoisotopic (exact) mass is 273 g/mol. The van der Waals surface area contributed by atoms with E-state index in [1.165, 1.54) is 0 Å². The van der Waals surface area contributed by atoms with Crippen molar-refractivity contribution in [3.63, 3.8) is 0 Å². The highest BCUT2D eigenvalue weighted by Crippen LogP contribution is 2.15. The number of alkyl carbamates (subject to hydrolysis) is 1. The largest absolute Gasteiger partial charge is 0.444 e. The van der Waals surface area contributed by atoms with Crippen molar-refractivity contribution < 1.29 is 9.53 Å². The minimum atomic E-state index is -0.512. The Hall–Kier alpha value is -2.17. The van der Waals surface area contributed by atoms with E-state index in [4.69, 9.17) is 4.74 Å². The van der Waals surface area contributed by atoms with Crippen LogP contribution in [-0.2, 0) is 4.74 Å². The highest BCUT2D eigenvalue weighted by atomic mass is 16.6. The second-order valence-electron chi connectivity index (χ2n) is 5.65. The van der Waals surface area contributed by atoms with Gasteiger partial charge in [-0.2, -0.15) is 0 Å². The number of hydrogen-bond donors (Lipinski definition) is 1. The van der Waals surface area contributed by atoms with Crippen LogP contribution in [0, 0.1) is 0 Å². The normalized spacial score (nSPS) is 13.0. The van der Waals surface area contributed by atoms with Crippen LogP contribution >= 0.6 is 0 Å². The lowest BCUT2D eigenvalue weighted by Crippen LogP contribution is -2.34. The van der Waals surface area contributed by atoms with Crippen molar-refractivity contribution in [3.8, 4) is 0 Å². The maximum Gasteiger partial charge on any atom is 0.408 e. The molecule has 1 amide bonds. The summed E-state index contributed by atoms with van der Waals surface area (Å²) in [4.78, 5) is 20.4. The zero-order chi connectivity index (χ0) is 14.8. The van der Waals surface area contributed by atoms with Crippen molar-refractivity contribution in [1.82, 2.24) is 15.3 Å². The number of carbonyl (C=O) groups is 1. The minimum absolute atomic E-state index is 0.240. The summed E-state index contributed by atoms with van der Waals surface area (Å²) in [6.45, 7) is 7.35. The van der Waals surface area contributed by atoms with Gasteiger partial charge >= 0.3 is 6.09 Å². The third kappa shape index (κ3) is 3.66. The van der Waals surface area contributed by atoms with E-state index in [0.29, 0.717) is 5.65 Å². The molecule has 5 nitrogen and oxygen atoms in total. The average molecular weight is 273 g/mol. The van der Waals surface area contributed by atoms with Crippen molar-refractivity contribution in [3.05, 3.63) is 36.2 Å². The lowest BCUT2D eigenvalue weighted by Gasteiger charge is -2.21. The molecule has 0 saturated heterocycles. The molecule has 1 unspecified atom stereocenters. The topological polar surface area (TPSA) is 64.1 Å². The molecule has 5 heteroatoms. The number of pyridine rings is 2. The molecule has 0 saturated carbocycles. The summed E-state index contributed by atoms with van der Waals surface area (Å²) >= 11 is 0. The highest BCUT2D eigenvalue weighted by Gasteiger charge is 2.18. The van der Waals surface area contributed by atoms with Crippen LogP contribution in [0.25, 0.3) is 11.0 Å². The summed E-state index contributed by atoms with van der Waals surface area (Å²) in [5, 5.41) is 3.74. The van der Waals surface area contributed by atoms with Crippen molar-refractivity contribution in [2.75, 3.05) is 0 Å². The molecule has 0 bridgehead atoms. The van der Waals surface area contributed by atoms with Crippen LogP contribution in [0.3, 0.4) is 0 Å². The molecule has 2 aromatic heterocycles. The fourth-order valence-electron chi connectivity index (χ4n) is 1.77. The first-order chi connectivity index (χ1) is 9.35. The van der Waals surface area contributed by atoms with Gasteiger partial charge in [0.25, 0.3) is 0 Å². The van der Waals surface area contributed by atoms with Gasteiger partial charge in [-0.1, -0.05) is 0 Å². The standard InChI is InChI=1S/C15H19N3O2/c1-10(17-14(19)20-15(2,3)4)12-8-7-11-6-5-9-16-13(11)18-12/h5-10H,1-4H3,(H,17,19). The zero-order valence-corrected chi connectivity index (χ0v) is 12.2. The van der Waals surface area contributed by atoms with E-state index in [9.17, 15) is 4.79 Å². The van der Waals surface area contributed by atoms with Crippen LogP contribution in [0.5, 0.6) is 0 Å². The van der Waals surface area contributed by atoms with E-state index in [-0.39, 0.29) is 6.04 Å². The Bertz CT molecular complexity index is 620. The number of aromatic nitrogens is 2. The predicted octanol–water partition coefficient (Wildman–Crippen LogP) is 3.22. The molecule has 0 radical (unpaired) electrons. The maximum absolute atomic E-state index is 11.7. The van der Waals surface area contributed by atoms with Gasteiger partial charge in [-0.05, 0) is 52.0 Å². The van der Waals surface area contributed by atoms with Crippen LogP contribution in [0.15, 0.2) is 30.5 Å². The van der Waals surface area contributed by atoms with E-state index < -0.39 is 11.7 Å². The van der Waals surface area contributed by atoms with E-state index >= 15 is 0 Å². The molecule has 0 spiro atoms. The number of nitrogens with zero attached hydrogens (tertiary/aromatic N) is 2. The summed E-state index contributed by atoms with van der Waals surface area (Å²) in [5.41, 5.74) is 0.909. The molecule has 0 aliphatic heterocycles. The minimum Gasteiger partial charge on any atom is -0.444 e. The average Bonchev–Trinajstić information content (AvgIpc) is 2.35. The molecule has 2 aromatic rings. The van der Waals surface area contributed by atoms with Gasteiger partial charge in [-0.15, -0.1) is 0 Å². The Labute approximate surface area is 118 Å². The Morgan fingerprint density at radius 2 is 2.05 bits per heavy atom. The summed E-state index contributed by atoms with van der Waals surface area (Å²) < 4.78 is 5.22. The molecule has 2 rings (SSSR count). The Morgan fingerprint density at radius 1 is 1.30 bits per heavy atom. The molecule has 2 heterocycles. The van der Waals surface area contributed by atoms with Gasteiger partial charge in [0.2, 0.25) is 0 Å². The van der Waals surface area contributed by atoms with Crippen molar-refractivity contribution in [2.45, 2.75) is 39.3 Å². The van der Waals surface area contributed by atoms with Crippen LogP contribution in [0.4, 0.5) is 4.79 Å². The number of rotatable bonds is 2. The molecule has 0 aliphatic carbocycles. The first-order valence-corrected chi connectivity index (χ1v) is 6.56. The first kappa shape index (κ1) is 14.2. The molecule has 0 aliphatic rings. The number of amides is 1. The second kappa shape index (κ2) is 5.45. The van der Waals surface area contributed by atoms with Crippen molar-refractivity contribution >= 4 is 17.1 Å². The van der Waals surface area contributed by atoms with Gasteiger partial charge in [0.1, 0.15) is 5.60 Å². The van der Waals surface area contributed by atoms with E-state index in [0.717, 1.165) is 11.1 Å². The van der Waals surface area contributed by atoms with Gasteiger partial charge in [0.05, 0.1) is 11.7 Å². The molecule has 106 valence electrons. The molecule has 1 atom stereocenters. The summed E-state index contributed by atoms with van der Waals surface area (Å²) in [5.74, 6) is 0. The Balaban J connectivity index is 2.11. The van der Waals surface area contributed by atoms with Gasteiger partial charge in [-0.25, -0.2) is 14.8 Å². The fourth-order valence-corrected chi connectivity index (χ4v) is 1.77. The molecule has 20 heavy (non-hydrogen) atoms. The highest BCUT2D eigenvalue weighted by molar-refractivity contribution is 5.74. The molecule has 0 aromatic carbocycles. The summed E-state index contributed by atoms with van der Waals surface area (Å²) in [7, 11) is 0. The zero-order valence-electron chi connectivity index (χ0n) is 12.2. The lowest BCUT2D eigenvalue weighted by atomic mass is 10.2. The van der Waals surface area contributed by atoms with Crippen LogP contribution < -0.4 is 5.32 Å². The number of carbonyl (C=O) groups excluding carboxylic acids is 1.